The van der Waals surface area contributed by atoms with Crippen molar-refractivity contribution in [2.24, 2.45) is 11.3 Å². The molecule has 0 spiro atoms. The van der Waals surface area contributed by atoms with Gasteiger partial charge in [0.2, 0.25) is 0 Å². The monoisotopic (exact) mass is 292 g/mol. The lowest BCUT2D eigenvalue weighted by Gasteiger charge is -2.35. The molecule has 0 N–H and O–H groups in total. The van der Waals surface area contributed by atoms with Gasteiger partial charge in [-0.15, -0.1) is 0 Å². The maximum absolute atomic E-state index is 10.7. The minimum Gasteiger partial charge on any atom is -0.549 e. The Bertz CT molecular complexity index is 236. The maximum Gasteiger partial charge on any atom is 0.0506 e. The molecule has 0 saturated heterocycles. The molecule has 0 aliphatic heterocycles. The predicted molar refractivity (Wildman–Crippen MR) is 59.5 cm³/mol. The summed E-state index contributed by atoms with van der Waals surface area (Å²) in [4.78, 5) is 21.5. The predicted octanol–water partition coefficient (Wildman–Crippen LogP) is 0.0839. The molecule has 0 amide bonds. The number of carboxylic acid groups (broad SMARTS) is 2. The van der Waals surface area contributed by atoms with Crippen molar-refractivity contribution in [3.8, 4) is 0 Å². The minimum absolute atomic E-state index is 0.534. The molecular weight excluding hydrogens is 276 g/mol. The van der Waals surface area contributed by atoms with E-state index in [9.17, 15) is 19.8 Å². The molecule has 0 radical (unpaired) electrons. The van der Waals surface area contributed by atoms with Gasteiger partial charge in [-0.3, -0.25) is 0 Å². The highest BCUT2D eigenvalue weighted by molar-refractivity contribution is 9.09. The second kappa shape index (κ2) is 6.89. The topological polar surface area (TPSA) is 80.3 Å². The van der Waals surface area contributed by atoms with Gasteiger partial charge in [0.05, 0.1) is 11.9 Å². The highest BCUT2D eigenvalue weighted by atomic mass is 79.9. The third-order valence-corrected chi connectivity index (χ3v) is 3.27. The number of carbonyl (C=O) groups is 2. The van der Waals surface area contributed by atoms with Crippen LogP contribution in [0.5, 0.6) is 0 Å². The Morgan fingerprint density at radius 3 is 2.00 bits per heavy atom. The summed E-state index contributed by atoms with van der Waals surface area (Å²) < 4.78 is 0. The van der Waals surface area contributed by atoms with Crippen LogP contribution in [0.2, 0.25) is 0 Å². The first-order valence-electron chi connectivity index (χ1n) is 5.30. The molecule has 5 heteroatoms. The maximum atomic E-state index is 10.7. The van der Waals surface area contributed by atoms with Crippen LogP contribution in [-0.4, -0.2) is 17.3 Å². The smallest absolute Gasteiger partial charge is 0.0506 e. The molecule has 0 aromatic heterocycles. The van der Waals surface area contributed by atoms with E-state index in [1.165, 1.54) is 0 Å². The zero-order chi connectivity index (χ0) is 12.8. The summed E-state index contributed by atoms with van der Waals surface area (Å²) in [7, 11) is 0. The standard InChI is InChI=1S/C11H19BrO4/c1-11(2,6-4-3-5-7-12)8(9(13)14)10(15)16/h8H,3-7H2,1-2H3,(H,13,14)(H,15,16)/p-2. The van der Waals surface area contributed by atoms with Crippen LogP contribution in [0.15, 0.2) is 0 Å². The third kappa shape index (κ3) is 4.96. The molecule has 0 aromatic carbocycles. The van der Waals surface area contributed by atoms with E-state index in [1.54, 1.807) is 13.8 Å². The fourth-order valence-corrected chi connectivity index (χ4v) is 2.13. The second-order valence-corrected chi connectivity index (χ2v) is 5.35. The molecule has 0 heterocycles. The third-order valence-electron chi connectivity index (χ3n) is 2.71. The summed E-state index contributed by atoms with van der Waals surface area (Å²) in [5.41, 5.74) is -0.829. The van der Waals surface area contributed by atoms with Gasteiger partial charge in [0.15, 0.2) is 0 Å². The lowest BCUT2D eigenvalue weighted by atomic mass is 9.75. The molecule has 4 nitrogen and oxygen atoms in total. The van der Waals surface area contributed by atoms with E-state index in [1.807, 2.05) is 0 Å². The number of unbranched alkanes of at least 4 members (excludes halogenated alkanes) is 2. The van der Waals surface area contributed by atoms with Crippen molar-refractivity contribution in [3.63, 3.8) is 0 Å². The van der Waals surface area contributed by atoms with Crippen molar-refractivity contribution >= 4 is 27.9 Å². The lowest BCUT2D eigenvalue weighted by Crippen LogP contribution is -2.50. The Kier molecular flexibility index (Phi) is 6.64. The van der Waals surface area contributed by atoms with Gasteiger partial charge in [0.1, 0.15) is 0 Å². The van der Waals surface area contributed by atoms with Crippen LogP contribution in [0.3, 0.4) is 0 Å². The largest absolute Gasteiger partial charge is 0.549 e. The highest BCUT2D eigenvalue weighted by Crippen LogP contribution is 2.32. The Morgan fingerprint density at radius 2 is 1.62 bits per heavy atom. The molecular formula is C11H17BrO4-2. The van der Waals surface area contributed by atoms with Crippen LogP contribution in [0.4, 0.5) is 0 Å². The normalized spacial score (nSPS) is 11.8. The molecule has 0 aromatic rings. The van der Waals surface area contributed by atoms with Gasteiger partial charge in [0, 0.05) is 11.2 Å². The molecule has 0 fully saturated rings. The van der Waals surface area contributed by atoms with Crippen molar-refractivity contribution in [3.05, 3.63) is 0 Å². The Morgan fingerprint density at radius 1 is 1.12 bits per heavy atom. The first-order valence-corrected chi connectivity index (χ1v) is 6.42. The molecule has 0 atom stereocenters. The minimum atomic E-state index is -1.56. The fourth-order valence-electron chi connectivity index (χ4n) is 1.73. The molecule has 0 aliphatic carbocycles. The van der Waals surface area contributed by atoms with Crippen molar-refractivity contribution in [2.75, 3.05) is 5.33 Å². The number of halogens is 1. The van der Waals surface area contributed by atoms with Crippen molar-refractivity contribution in [1.29, 1.82) is 0 Å². The first-order chi connectivity index (χ1) is 7.33. The molecule has 0 rings (SSSR count). The molecule has 0 aliphatic rings. The van der Waals surface area contributed by atoms with Crippen molar-refractivity contribution in [2.45, 2.75) is 39.5 Å². The number of hydrogen-bond donors (Lipinski definition) is 0. The van der Waals surface area contributed by atoms with Gasteiger partial charge in [-0.1, -0.05) is 42.6 Å². The van der Waals surface area contributed by atoms with Crippen LogP contribution in [-0.2, 0) is 9.59 Å². The Hall–Kier alpha value is -0.580. The van der Waals surface area contributed by atoms with E-state index in [0.29, 0.717) is 6.42 Å². The Labute approximate surface area is 104 Å². The van der Waals surface area contributed by atoms with Gasteiger partial charge < -0.3 is 19.8 Å². The average Bonchev–Trinajstić information content (AvgIpc) is 2.10. The van der Waals surface area contributed by atoms with E-state index >= 15 is 0 Å². The van der Waals surface area contributed by atoms with Gasteiger partial charge >= 0.3 is 0 Å². The van der Waals surface area contributed by atoms with Crippen LogP contribution < -0.4 is 10.2 Å². The molecule has 16 heavy (non-hydrogen) atoms. The number of alkyl halides is 1. The van der Waals surface area contributed by atoms with Gasteiger partial charge in [-0.2, -0.15) is 0 Å². The van der Waals surface area contributed by atoms with Crippen molar-refractivity contribution < 1.29 is 19.8 Å². The van der Waals surface area contributed by atoms with Gasteiger partial charge in [0.25, 0.3) is 0 Å². The van der Waals surface area contributed by atoms with Crippen LogP contribution in [0, 0.1) is 11.3 Å². The number of aliphatic carboxylic acids is 2. The zero-order valence-electron chi connectivity index (χ0n) is 9.62. The first kappa shape index (κ1) is 15.4. The van der Waals surface area contributed by atoms with E-state index in [-0.39, 0.29) is 0 Å². The van der Waals surface area contributed by atoms with E-state index in [4.69, 9.17) is 0 Å². The summed E-state index contributed by atoms with van der Waals surface area (Å²) in [5.74, 6) is -4.67. The summed E-state index contributed by atoms with van der Waals surface area (Å²) >= 11 is 3.30. The van der Waals surface area contributed by atoms with Crippen LogP contribution in [0.25, 0.3) is 0 Å². The lowest BCUT2D eigenvalue weighted by molar-refractivity contribution is -0.336. The molecule has 0 unspecified atom stereocenters. The summed E-state index contributed by atoms with van der Waals surface area (Å²) in [6.45, 7) is 3.24. The summed E-state index contributed by atoms with van der Waals surface area (Å²) in [6, 6.07) is 0. The van der Waals surface area contributed by atoms with Crippen LogP contribution >= 0.6 is 15.9 Å². The quantitative estimate of drug-likeness (QED) is 0.361. The fraction of sp³-hybridized carbons (Fsp3) is 0.818. The summed E-state index contributed by atoms with van der Waals surface area (Å²) in [5, 5.41) is 22.4. The average molecular weight is 293 g/mol. The van der Waals surface area contributed by atoms with Gasteiger partial charge in [-0.25, -0.2) is 0 Å². The number of hydrogen-bond acceptors (Lipinski definition) is 4. The van der Waals surface area contributed by atoms with Gasteiger partial charge in [-0.05, 0) is 18.3 Å². The molecule has 0 bridgehead atoms. The van der Waals surface area contributed by atoms with E-state index < -0.39 is 23.3 Å². The zero-order valence-corrected chi connectivity index (χ0v) is 11.2. The SMILES string of the molecule is CC(C)(CCCCCBr)C(C(=O)[O-])C(=O)[O-]. The second-order valence-electron chi connectivity index (χ2n) is 4.56. The number of rotatable bonds is 8. The highest BCUT2D eigenvalue weighted by Gasteiger charge is 2.31. The Balaban J connectivity index is 4.36. The van der Waals surface area contributed by atoms with Crippen LogP contribution in [0.1, 0.15) is 39.5 Å². The van der Waals surface area contributed by atoms with E-state index in [2.05, 4.69) is 15.9 Å². The van der Waals surface area contributed by atoms with Crippen molar-refractivity contribution in [1.82, 2.24) is 0 Å². The molecule has 0 saturated carbocycles. The number of carboxylic acids is 2. The summed E-state index contributed by atoms with van der Waals surface area (Å²) in [6.07, 6.45) is 3.28. The molecule has 94 valence electrons. The van der Waals surface area contributed by atoms with E-state index in [0.717, 1.165) is 24.6 Å². The number of carbonyl (C=O) groups excluding carboxylic acids is 2.